The van der Waals surface area contributed by atoms with Gasteiger partial charge in [0, 0.05) is 47.2 Å². The van der Waals surface area contributed by atoms with Gasteiger partial charge < -0.3 is 20.4 Å². The highest BCUT2D eigenvalue weighted by atomic mass is 16.3. The summed E-state index contributed by atoms with van der Waals surface area (Å²) < 4.78 is 3.07. The molecule has 0 radical (unpaired) electrons. The zero-order chi connectivity index (χ0) is 21.2. The SMILES string of the molecule is CCn1c(O)c2c(c1O)[C@@H](c1ccccc1)C1=CCc3c(c(O)n(CC)c3O)[C@@H]1C2. The van der Waals surface area contributed by atoms with E-state index in [2.05, 4.69) is 6.08 Å². The van der Waals surface area contributed by atoms with E-state index in [0.717, 1.165) is 27.8 Å². The van der Waals surface area contributed by atoms with Crippen molar-refractivity contribution < 1.29 is 20.4 Å². The predicted molar refractivity (Wildman–Crippen MR) is 113 cm³/mol. The van der Waals surface area contributed by atoms with Crippen LogP contribution in [0.1, 0.15) is 53.5 Å². The largest absolute Gasteiger partial charge is 0.494 e. The molecule has 2 aliphatic rings. The molecule has 2 heterocycles. The summed E-state index contributed by atoms with van der Waals surface area (Å²) in [4.78, 5) is 0. The maximum Gasteiger partial charge on any atom is 0.198 e. The minimum absolute atomic E-state index is 0.0794. The van der Waals surface area contributed by atoms with Crippen LogP contribution in [0.5, 0.6) is 23.5 Å². The summed E-state index contributed by atoms with van der Waals surface area (Å²) in [6.45, 7) is 4.70. The maximum absolute atomic E-state index is 11.0. The summed E-state index contributed by atoms with van der Waals surface area (Å²) in [7, 11) is 0. The number of hydrogen-bond acceptors (Lipinski definition) is 4. The minimum Gasteiger partial charge on any atom is -0.494 e. The highest BCUT2D eigenvalue weighted by molar-refractivity contribution is 5.64. The number of nitrogens with zero attached hydrogens (tertiary/aromatic N) is 2. The average Bonchev–Trinajstić information content (AvgIpc) is 3.16. The van der Waals surface area contributed by atoms with E-state index in [1.165, 1.54) is 9.13 Å². The summed E-state index contributed by atoms with van der Waals surface area (Å²) in [5.41, 5.74) is 5.05. The fourth-order valence-electron chi connectivity index (χ4n) is 5.44. The van der Waals surface area contributed by atoms with Gasteiger partial charge in [-0.2, -0.15) is 0 Å². The molecule has 3 aromatic rings. The third kappa shape index (κ3) is 2.30. The zero-order valence-corrected chi connectivity index (χ0v) is 17.1. The lowest BCUT2D eigenvalue weighted by molar-refractivity contribution is 0.368. The quantitative estimate of drug-likeness (QED) is 0.493. The molecule has 0 aliphatic heterocycles. The van der Waals surface area contributed by atoms with Crippen LogP contribution < -0.4 is 0 Å². The number of benzene rings is 1. The number of fused-ring (bicyclic) bond motifs is 4. The molecule has 0 saturated heterocycles. The molecule has 0 bridgehead atoms. The Morgan fingerprint density at radius 2 is 1.40 bits per heavy atom. The van der Waals surface area contributed by atoms with Crippen molar-refractivity contribution in [1.82, 2.24) is 9.13 Å². The van der Waals surface area contributed by atoms with E-state index in [9.17, 15) is 20.4 Å². The molecular formula is C24H26N2O4. The van der Waals surface area contributed by atoms with Crippen LogP contribution in [-0.2, 0) is 25.9 Å². The number of allylic oxidation sites excluding steroid dienone is 2. The van der Waals surface area contributed by atoms with Crippen molar-refractivity contribution in [1.29, 1.82) is 0 Å². The van der Waals surface area contributed by atoms with Gasteiger partial charge in [0.05, 0.1) is 0 Å². The molecule has 6 nitrogen and oxygen atoms in total. The van der Waals surface area contributed by atoms with Gasteiger partial charge in [-0.25, -0.2) is 0 Å². The Balaban J connectivity index is 1.78. The lowest BCUT2D eigenvalue weighted by Gasteiger charge is -2.36. The van der Waals surface area contributed by atoms with Crippen molar-refractivity contribution in [2.24, 2.45) is 0 Å². The predicted octanol–water partition coefficient (Wildman–Crippen LogP) is 4.11. The minimum atomic E-state index is -0.224. The van der Waals surface area contributed by atoms with Gasteiger partial charge in [-0.15, -0.1) is 0 Å². The van der Waals surface area contributed by atoms with Crippen molar-refractivity contribution in [2.75, 3.05) is 0 Å². The van der Waals surface area contributed by atoms with Crippen molar-refractivity contribution in [3.05, 3.63) is 69.8 Å². The molecule has 2 aromatic heterocycles. The molecule has 2 atom stereocenters. The van der Waals surface area contributed by atoms with E-state index in [-0.39, 0.29) is 35.4 Å². The second kappa shape index (κ2) is 6.62. The second-order valence-corrected chi connectivity index (χ2v) is 8.08. The van der Waals surface area contributed by atoms with Gasteiger partial charge in [-0.05, 0) is 32.3 Å². The van der Waals surface area contributed by atoms with E-state index in [1.54, 1.807) is 0 Å². The van der Waals surface area contributed by atoms with E-state index >= 15 is 0 Å². The van der Waals surface area contributed by atoms with Gasteiger partial charge in [0.1, 0.15) is 0 Å². The molecule has 0 spiro atoms. The Morgan fingerprint density at radius 1 is 0.800 bits per heavy atom. The molecule has 6 heteroatoms. The summed E-state index contributed by atoms with van der Waals surface area (Å²) in [6.07, 6.45) is 3.10. The molecule has 0 fully saturated rings. The average molecular weight is 406 g/mol. The van der Waals surface area contributed by atoms with E-state index < -0.39 is 0 Å². The van der Waals surface area contributed by atoms with Crippen LogP contribution in [0.2, 0.25) is 0 Å². The first-order valence-electron chi connectivity index (χ1n) is 10.5. The van der Waals surface area contributed by atoms with Gasteiger partial charge in [0.2, 0.25) is 0 Å². The normalized spacial score (nSPS) is 19.7. The van der Waals surface area contributed by atoms with E-state index in [4.69, 9.17) is 0 Å². The molecule has 0 unspecified atom stereocenters. The van der Waals surface area contributed by atoms with Crippen molar-refractivity contribution in [3.8, 4) is 23.5 Å². The highest BCUT2D eigenvalue weighted by Gasteiger charge is 2.44. The van der Waals surface area contributed by atoms with Crippen LogP contribution in [0.3, 0.4) is 0 Å². The van der Waals surface area contributed by atoms with Crippen LogP contribution in [0.4, 0.5) is 0 Å². The van der Waals surface area contributed by atoms with Crippen molar-refractivity contribution >= 4 is 0 Å². The Kier molecular flexibility index (Phi) is 4.13. The Morgan fingerprint density at radius 3 is 2.03 bits per heavy atom. The molecule has 156 valence electrons. The molecule has 0 amide bonds. The van der Waals surface area contributed by atoms with Crippen molar-refractivity contribution in [3.63, 3.8) is 0 Å². The molecule has 30 heavy (non-hydrogen) atoms. The summed E-state index contributed by atoms with van der Waals surface area (Å²) >= 11 is 0. The highest BCUT2D eigenvalue weighted by Crippen LogP contribution is 2.57. The Bertz CT molecular complexity index is 1170. The molecule has 5 rings (SSSR count). The van der Waals surface area contributed by atoms with Crippen LogP contribution in [0.15, 0.2) is 42.0 Å². The number of aromatic hydroxyl groups is 4. The van der Waals surface area contributed by atoms with Gasteiger partial charge in [0.25, 0.3) is 0 Å². The van der Waals surface area contributed by atoms with Crippen molar-refractivity contribution in [2.45, 2.75) is 51.6 Å². The van der Waals surface area contributed by atoms with Gasteiger partial charge in [-0.3, -0.25) is 9.13 Å². The maximum atomic E-state index is 11.0. The monoisotopic (exact) mass is 406 g/mol. The van der Waals surface area contributed by atoms with E-state index in [0.29, 0.717) is 31.5 Å². The first-order chi connectivity index (χ1) is 14.5. The summed E-state index contributed by atoms with van der Waals surface area (Å²) in [6, 6.07) is 9.96. The molecule has 4 N–H and O–H groups in total. The molecule has 2 aliphatic carbocycles. The van der Waals surface area contributed by atoms with E-state index in [1.807, 2.05) is 44.2 Å². The topological polar surface area (TPSA) is 90.8 Å². The fraction of sp³-hybridized carbons (Fsp3) is 0.333. The Hall–Kier alpha value is -3.28. The number of rotatable bonds is 3. The number of hydrogen-bond donors (Lipinski definition) is 4. The molecular weight excluding hydrogens is 380 g/mol. The molecule has 0 saturated carbocycles. The first-order valence-corrected chi connectivity index (χ1v) is 10.5. The standard InChI is InChI=1S/C24H26N2O4/c1-3-25-21(27)15-11-10-14-16(19(15)23(25)29)12-17-20(24(30)26(4-2)22(17)28)18(14)13-8-6-5-7-9-13/h5-10,16,18,27-30H,3-4,11-12H2,1-2H3/t16-,18+/m1/s1. The van der Waals surface area contributed by atoms with Crippen LogP contribution >= 0.6 is 0 Å². The fourth-order valence-corrected chi connectivity index (χ4v) is 5.44. The smallest absolute Gasteiger partial charge is 0.198 e. The van der Waals surface area contributed by atoms with Gasteiger partial charge >= 0.3 is 0 Å². The zero-order valence-electron chi connectivity index (χ0n) is 17.1. The summed E-state index contributed by atoms with van der Waals surface area (Å²) in [5.74, 6) is -0.0190. The second-order valence-electron chi connectivity index (χ2n) is 8.08. The lowest BCUT2D eigenvalue weighted by Crippen LogP contribution is -2.23. The molecule has 1 aromatic carbocycles. The van der Waals surface area contributed by atoms with Gasteiger partial charge in [0.15, 0.2) is 23.5 Å². The first kappa shape index (κ1) is 18.7. The van der Waals surface area contributed by atoms with Crippen LogP contribution in [0.25, 0.3) is 0 Å². The third-order valence-corrected chi connectivity index (χ3v) is 6.78. The van der Waals surface area contributed by atoms with Crippen LogP contribution in [0, 0.1) is 0 Å². The van der Waals surface area contributed by atoms with Crippen LogP contribution in [-0.4, -0.2) is 29.6 Å². The number of aromatic nitrogens is 2. The lowest BCUT2D eigenvalue weighted by atomic mass is 9.66. The Labute approximate surface area is 175 Å². The third-order valence-electron chi connectivity index (χ3n) is 6.78. The van der Waals surface area contributed by atoms with Gasteiger partial charge in [-0.1, -0.05) is 42.0 Å². The summed E-state index contributed by atoms with van der Waals surface area (Å²) in [5, 5.41) is 43.5.